The number of thioether (sulfide) groups is 1. The number of benzene rings is 1. The second-order valence-corrected chi connectivity index (χ2v) is 5.80. The molecular formula is C13H19BrS. The monoisotopic (exact) mass is 286 g/mol. The largest absolute Gasteiger partial charge is 0.126 e. The minimum atomic E-state index is 1.14. The third-order valence-corrected chi connectivity index (χ3v) is 4.19. The smallest absolute Gasteiger partial charge is 0.0101 e. The fourth-order valence-electron chi connectivity index (χ4n) is 1.52. The van der Waals surface area contributed by atoms with E-state index >= 15 is 0 Å². The Morgan fingerprint density at radius 1 is 1.13 bits per heavy atom. The molecule has 1 aromatic rings. The molecule has 15 heavy (non-hydrogen) atoms. The Labute approximate surface area is 106 Å². The van der Waals surface area contributed by atoms with Gasteiger partial charge in [-0.2, -0.15) is 0 Å². The van der Waals surface area contributed by atoms with Crippen LogP contribution >= 0.6 is 27.7 Å². The van der Waals surface area contributed by atoms with Crippen LogP contribution in [0.5, 0.6) is 0 Å². The summed E-state index contributed by atoms with van der Waals surface area (Å²) in [4.78, 5) is 1.44. The van der Waals surface area contributed by atoms with E-state index in [4.69, 9.17) is 0 Å². The number of aryl methyl sites for hydroxylation is 2. The van der Waals surface area contributed by atoms with Crippen LogP contribution in [0.4, 0.5) is 0 Å². The number of halogens is 1. The lowest BCUT2D eigenvalue weighted by Gasteiger charge is -2.06. The molecule has 0 nitrogen and oxygen atoms in total. The summed E-state index contributed by atoms with van der Waals surface area (Å²) in [5.74, 6) is 1.25. The minimum Gasteiger partial charge on any atom is -0.126 e. The molecule has 0 saturated carbocycles. The van der Waals surface area contributed by atoms with E-state index in [0.29, 0.717) is 0 Å². The van der Waals surface area contributed by atoms with Crippen LogP contribution in [0.15, 0.2) is 23.1 Å². The van der Waals surface area contributed by atoms with Crippen LogP contribution in [0.3, 0.4) is 0 Å². The molecule has 0 atom stereocenters. The molecule has 84 valence electrons. The van der Waals surface area contributed by atoms with Crippen LogP contribution in [-0.2, 0) is 0 Å². The molecule has 0 N–H and O–H groups in total. The Balaban J connectivity index is 2.31. The third-order valence-electron chi connectivity index (χ3n) is 2.37. The molecule has 0 bridgehead atoms. The summed E-state index contributed by atoms with van der Waals surface area (Å²) in [5.41, 5.74) is 2.77. The van der Waals surface area contributed by atoms with Crippen LogP contribution in [0.1, 0.15) is 30.4 Å². The molecule has 0 aliphatic rings. The van der Waals surface area contributed by atoms with Gasteiger partial charge in [0.05, 0.1) is 0 Å². The standard InChI is InChI=1S/C13H19BrS/c1-11-6-7-13(12(2)10-11)15-9-5-3-4-8-14/h6-7,10H,3-5,8-9H2,1-2H3. The van der Waals surface area contributed by atoms with Gasteiger partial charge in [0, 0.05) is 10.2 Å². The quantitative estimate of drug-likeness (QED) is 0.405. The average Bonchev–Trinajstić information content (AvgIpc) is 2.20. The molecule has 0 heterocycles. The zero-order valence-corrected chi connectivity index (χ0v) is 12.0. The van der Waals surface area contributed by atoms with Crippen molar-refractivity contribution in [1.82, 2.24) is 0 Å². The van der Waals surface area contributed by atoms with Crippen molar-refractivity contribution in [2.75, 3.05) is 11.1 Å². The van der Waals surface area contributed by atoms with Crippen LogP contribution in [-0.4, -0.2) is 11.1 Å². The molecule has 0 aromatic heterocycles. The molecule has 0 saturated heterocycles. The topological polar surface area (TPSA) is 0 Å². The number of hydrogen-bond donors (Lipinski definition) is 0. The van der Waals surface area contributed by atoms with E-state index in [1.165, 1.54) is 41.0 Å². The maximum absolute atomic E-state index is 3.46. The highest BCUT2D eigenvalue weighted by Gasteiger charge is 1.98. The lowest BCUT2D eigenvalue weighted by molar-refractivity contribution is 0.788. The van der Waals surface area contributed by atoms with Crippen molar-refractivity contribution in [2.45, 2.75) is 38.0 Å². The van der Waals surface area contributed by atoms with Gasteiger partial charge >= 0.3 is 0 Å². The molecule has 0 spiro atoms. The van der Waals surface area contributed by atoms with Gasteiger partial charge in [-0.1, -0.05) is 40.0 Å². The molecule has 0 aliphatic carbocycles. The number of alkyl halides is 1. The molecule has 1 rings (SSSR count). The third kappa shape index (κ3) is 5.07. The van der Waals surface area contributed by atoms with Gasteiger partial charge in [0.15, 0.2) is 0 Å². The van der Waals surface area contributed by atoms with Gasteiger partial charge < -0.3 is 0 Å². The van der Waals surface area contributed by atoms with Crippen molar-refractivity contribution >= 4 is 27.7 Å². The van der Waals surface area contributed by atoms with Crippen molar-refractivity contribution in [2.24, 2.45) is 0 Å². The highest BCUT2D eigenvalue weighted by atomic mass is 79.9. The van der Waals surface area contributed by atoms with E-state index in [2.05, 4.69) is 48.0 Å². The van der Waals surface area contributed by atoms with Crippen molar-refractivity contribution in [3.05, 3.63) is 29.3 Å². The summed E-state index contributed by atoms with van der Waals surface area (Å²) >= 11 is 5.45. The van der Waals surface area contributed by atoms with Gasteiger partial charge in [-0.25, -0.2) is 0 Å². The molecular weight excluding hydrogens is 268 g/mol. The molecule has 2 heteroatoms. The Bertz CT molecular complexity index is 297. The molecule has 0 unspecified atom stereocenters. The Hall–Kier alpha value is 0.0500. The second kappa shape index (κ2) is 7.34. The zero-order valence-electron chi connectivity index (χ0n) is 9.55. The first-order valence-corrected chi connectivity index (χ1v) is 7.61. The van der Waals surface area contributed by atoms with Crippen molar-refractivity contribution in [3.63, 3.8) is 0 Å². The highest BCUT2D eigenvalue weighted by Crippen LogP contribution is 2.24. The summed E-state index contributed by atoms with van der Waals surface area (Å²) < 4.78 is 0. The van der Waals surface area contributed by atoms with Crippen LogP contribution in [0.25, 0.3) is 0 Å². The summed E-state index contributed by atoms with van der Waals surface area (Å²) in [6.07, 6.45) is 3.96. The van der Waals surface area contributed by atoms with Gasteiger partial charge in [-0.3, -0.25) is 0 Å². The molecule has 0 aliphatic heterocycles. The molecule has 1 aromatic carbocycles. The summed E-state index contributed by atoms with van der Waals surface area (Å²) in [5, 5.41) is 1.14. The number of hydrogen-bond acceptors (Lipinski definition) is 1. The number of rotatable bonds is 6. The van der Waals surface area contributed by atoms with Crippen LogP contribution < -0.4 is 0 Å². The maximum Gasteiger partial charge on any atom is 0.0101 e. The second-order valence-electron chi connectivity index (χ2n) is 3.87. The Morgan fingerprint density at radius 2 is 1.93 bits per heavy atom. The van der Waals surface area contributed by atoms with E-state index in [0.717, 1.165) is 5.33 Å². The van der Waals surface area contributed by atoms with Gasteiger partial charge in [0.2, 0.25) is 0 Å². The minimum absolute atomic E-state index is 1.14. The number of unbranched alkanes of at least 4 members (excludes halogenated alkanes) is 2. The van der Waals surface area contributed by atoms with E-state index in [1.807, 2.05) is 11.8 Å². The van der Waals surface area contributed by atoms with Crippen molar-refractivity contribution in [3.8, 4) is 0 Å². The average molecular weight is 287 g/mol. The zero-order chi connectivity index (χ0) is 11.1. The molecule has 0 fully saturated rings. The Morgan fingerprint density at radius 3 is 2.60 bits per heavy atom. The van der Waals surface area contributed by atoms with E-state index in [1.54, 1.807) is 0 Å². The summed E-state index contributed by atoms with van der Waals surface area (Å²) in [7, 11) is 0. The molecule has 0 amide bonds. The van der Waals surface area contributed by atoms with Crippen LogP contribution in [0, 0.1) is 13.8 Å². The first-order chi connectivity index (χ1) is 7.24. The Kier molecular flexibility index (Phi) is 6.42. The van der Waals surface area contributed by atoms with Gasteiger partial charge in [-0.15, -0.1) is 11.8 Å². The normalized spacial score (nSPS) is 10.6. The van der Waals surface area contributed by atoms with E-state index in [9.17, 15) is 0 Å². The maximum atomic E-state index is 3.46. The fourth-order valence-corrected chi connectivity index (χ4v) is 2.93. The summed E-state index contributed by atoms with van der Waals surface area (Å²) in [6, 6.07) is 6.72. The lowest BCUT2D eigenvalue weighted by atomic mass is 10.2. The summed E-state index contributed by atoms with van der Waals surface area (Å²) in [6.45, 7) is 4.35. The van der Waals surface area contributed by atoms with Gasteiger partial charge in [0.1, 0.15) is 0 Å². The first kappa shape index (κ1) is 13.1. The van der Waals surface area contributed by atoms with E-state index in [-0.39, 0.29) is 0 Å². The van der Waals surface area contributed by atoms with Crippen molar-refractivity contribution < 1.29 is 0 Å². The molecule has 0 radical (unpaired) electrons. The SMILES string of the molecule is Cc1ccc(SCCCCCBr)c(C)c1. The predicted molar refractivity (Wildman–Crippen MR) is 74.3 cm³/mol. The van der Waals surface area contributed by atoms with Gasteiger partial charge in [0.25, 0.3) is 0 Å². The predicted octanol–water partition coefficient (Wildman–Crippen LogP) is 4.96. The highest BCUT2D eigenvalue weighted by molar-refractivity contribution is 9.09. The first-order valence-electron chi connectivity index (χ1n) is 5.50. The lowest BCUT2D eigenvalue weighted by Crippen LogP contribution is -1.85. The van der Waals surface area contributed by atoms with Gasteiger partial charge in [-0.05, 0) is 44.1 Å². The van der Waals surface area contributed by atoms with Crippen LogP contribution in [0.2, 0.25) is 0 Å². The van der Waals surface area contributed by atoms with Crippen molar-refractivity contribution in [1.29, 1.82) is 0 Å². The fraction of sp³-hybridized carbons (Fsp3) is 0.538. The van der Waals surface area contributed by atoms with E-state index < -0.39 is 0 Å².